The molecule has 2 N–H and O–H groups in total. The van der Waals surface area contributed by atoms with Crippen LogP contribution in [0.1, 0.15) is 10.4 Å². The van der Waals surface area contributed by atoms with E-state index >= 15 is 0 Å². The number of carbonyl (C=O) groups is 1. The molecule has 0 amide bonds. The summed E-state index contributed by atoms with van der Waals surface area (Å²) in [6, 6.07) is 14.5. The zero-order chi connectivity index (χ0) is 10.9. The van der Waals surface area contributed by atoms with E-state index in [-0.39, 0.29) is 0 Å². The van der Waals surface area contributed by atoms with Crippen molar-refractivity contribution >= 4 is 12.1 Å². The lowest BCUT2D eigenvalue weighted by Crippen LogP contribution is -1.85. The van der Waals surface area contributed by atoms with Crippen LogP contribution in [0.15, 0.2) is 54.7 Å². The minimum Gasteiger partial charge on any atom is -0.384 e. The maximum atomic E-state index is 10.0. The van der Waals surface area contributed by atoms with Crippen molar-refractivity contribution in [1.29, 1.82) is 0 Å². The molecule has 2 rings (SSSR count). The van der Waals surface area contributed by atoms with E-state index in [1.165, 1.54) is 0 Å². The Morgan fingerprint density at radius 2 is 1.67 bits per heavy atom. The van der Waals surface area contributed by atoms with E-state index in [1.807, 2.05) is 30.3 Å². The van der Waals surface area contributed by atoms with Crippen LogP contribution in [-0.2, 0) is 0 Å². The molecule has 3 heteroatoms. The van der Waals surface area contributed by atoms with Gasteiger partial charge in [0, 0.05) is 11.8 Å². The highest BCUT2D eigenvalue weighted by atomic mass is 16.1. The van der Waals surface area contributed by atoms with E-state index < -0.39 is 0 Å². The van der Waals surface area contributed by atoms with E-state index in [1.54, 1.807) is 24.4 Å². The molecule has 3 nitrogen and oxygen atoms in total. The van der Waals surface area contributed by atoms with E-state index in [9.17, 15) is 4.79 Å². The molecule has 0 aliphatic heterocycles. The molecule has 0 saturated heterocycles. The molecule has 0 atom stereocenters. The highest BCUT2D eigenvalue weighted by molar-refractivity contribution is 5.74. The van der Waals surface area contributed by atoms with Gasteiger partial charge in [-0.15, -0.1) is 0 Å². The number of nitrogens with zero attached hydrogens (tertiary/aromatic N) is 1. The van der Waals surface area contributed by atoms with Gasteiger partial charge in [-0.05, 0) is 12.1 Å². The first kappa shape index (κ1) is 10.9. The van der Waals surface area contributed by atoms with E-state index in [4.69, 9.17) is 5.73 Å². The third-order valence-electron chi connectivity index (χ3n) is 1.62. The SMILES string of the molecule is Nc1ccccn1.O=Cc1ccccc1. The summed E-state index contributed by atoms with van der Waals surface area (Å²) in [7, 11) is 0. The second-order valence-corrected chi connectivity index (χ2v) is 2.78. The van der Waals surface area contributed by atoms with E-state index in [0.717, 1.165) is 11.8 Å². The Morgan fingerprint density at radius 1 is 1.00 bits per heavy atom. The summed E-state index contributed by atoms with van der Waals surface area (Å²) in [5.74, 6) is 0.572. The molecule has 0 fully saturated rings. The van der Waals surface area contributed by atoms with Gasteiger partial charge in [-0.25, -0.2) is 4.98 Å². The Kier molecular flexibility index (Phi) is 4.60. The van der Waals surface area contributed by atoms with Crippen LogP contribution in [0.5, 0.6) is 0 Å². The topological polar surface area (TPSA) is 56.0 Å². The lowest BCUT2D eigenvalue weighted by atomic mass is 10.2. The molecule has 0 radical (unpaired) electrons. The summed E-state index contributed by atoms with van der Waals surface area (Å²) >= 11 is 0. The standard InChI is InChI=1S/C7H6O.C5H6N2/c8-6-7-4-2-1-3-5-7;6-5-3-1-2-4-7-5/h1-6H;1-4H,(H2,6,7). The van der Waals surface area contributed by atoms with Gasteiger partial charge in [-0.1, -0.05) is 36.4 Å². The molecule has 0 unspecified atom stereocenters. The molecule has 0 bridgehead atoms. The molecule has 2 aromatic rings. The Labute approximate surface area is 88.6 Å². The van der Waals surface area contributed by atoms with Gasteiger partial charge >= 0.3 is 0 Å². The van der Waals surface area contributed by atoms with Gasteiger partial charge in [0.1, 0.15) is 12.1 Å². The monoisotopic (exact) mass is 200 g/mol. The molecule has 76 valence electrons. The average molecular weight is 200 g/mol. The van der Waals surface area contributed by atoms with Gasteiger partial charge < -0.3 is 5.73 Å². The van der Waals surface area contributed by atoms with Crippen LogP contribution in [0.25, 0.3) is 0 Å². The van der Waals surface area contributed by atoms with Crippen LogP contribution in [-0.4, -0.2) is 11.3 Å². The van der Waals surface area contributed by atoms with Gasteiger partial charge in [-0.2, -0.15) is 0 Å². The third-order valence-corrected chi connectivity index (χ3v) is 1.62. The number of hydrogen-bond donors (Lipinski definition) is 1. The van der Waals surface area contributed by atoms with E-state index in [2.05, 4.69) is 4.98 Å². The van der Waals surface area contributed by atoms with Crippen molar-refractivity contribution in [3.8, 4) is 0 Å². The Balaban J connectivity index is 0.000000151. The molecular formula is C12H12N2O. The van der Waals surface area contributed by atoms with Crippen LogP contribution in [0, 0.1) is 0 Å². The predicted molar refractivity (Wildman–Crippen MR) is 60.5 cm³/mol. The molecular weight excluding hydrogens is 188 g/mol. The third kappa shape index (κ3) is 4.57. The minimum absolute atomic E-state index is 0.572. The highest BCUT2D eigenvalue weighted by Gasteiger charge is 1.80. The normalized spacial score (nSPS) is 8.53. The van der Waals surface area contributed by atoms with Gasteiger partial charge in [0.25, 0.3) is 0 Å². The number of aldehydes is 1. The van der Waals surface area contributed by atoms with Crippen molar-refractivity contribution in [1.82, 2.24) is 4.98 Å². The Hall–Kier alpha value is -2.16. The van der Waals surface area contributed by atoms with Crippen LogP contribution < -0.4 is 5.73 Å². The number of nitrogen functional groups attached to an aromatic ring is 1. The number of pyridine rings is 1. The molecule has 0 aliphatic carbocycles. The van der Waals surface area contributed by atoms with Crippen molar-refractivity contribution in [2.24, 2.45) is 0 Å². The second kappa shape index (κ2) is 6.32. The number of carbonyl (C=O) groups excluding carboxylic acids is 1. The van der Waals surface area contributed by atoms with Crippen molar-refractivity contribution in [3.05, 3.63) is 60.3 Å². The van der Waals surface area contributed by atoms with Crippen LogP contribution in [0.3, 0.4) is 0 Å². The lowest BCUT2D eigenvalue weighted by molar-refractivity contribution is 0.112. The van der Waals surface area contributed by atoms with Crippen molar-refractivity contribution in [2.45, 2.75) is 0 Å². The van der Waals surface area contributed by atoms with Crippen molar-refractivity contribution in [2.75, 3.05) is 5.73 Å². The number of rotatable bonds is 1. The highest BCUT2D eigenvalue weighted by Crippen LogP contribution is 1.91. The fourth-order valence-corrected chi connectivity index (χ4v) is 0.908. The lowest BCUT2D eigenvalue weighted by Gasteiger charge is -1.82. The van der Waals surface area contributed by atoms with Crippen LogP contribution in [0.2, 0.25) is 0 Å². The summed E-state index contributed by atoms with van der Waals surface area (Å²) in [6.45, 7) is 0. The largest absolute Gasteiger partial charge is 0.384 e. The van der Waals surface area contributed by atoms with Gasteiger partial charge in [0.2, 0.25) is 0 Å². The molecule has 1 aromatic carbocycles. The first-order chi connectivity index (χ1) is 7.33. The maximum Gasteiger partial charge on any atom is 0.150 e. The molecule has 1 heterocycles. The average Bonchev–Trinajstić information content (AvgIpc) is 2.32. The number of benzene rings is 1. The first-order valence-corrected chi connectivity index (χ1v) is 4.49. The summed E-state index contributed by atoms with van der Waals surface area (Å²) in [5.41, 5.74) is 5.98. The van der Waals surface area contributed by atoms with Gasteiger partial charge in [0.15, 0.2) is 0 Å². The number of anilines is 1. The fraction of sp³-hybridized carbons (Fsp3) is 0. The smallest absolute Gasteiger partial charge is 0.150 e. The Bertz CT molecular complexity index is 387. The summed E-state index contributed by atoms with van der Waals surface area (Å²) < 4.78 is 0. The quantitative estimate of drug-likeness (QED) is 0.718. The Morgan fingerprint density at radius 3 is 2.00 bits per heavy atom. The molecule has 0 aliphatic rings. The molecule has 15 heavy (non-hydrogen) atoms. The summed E-state index contributed by atoms with van der Waals surface area (Å²) in [6.07, 6.45) is 2.50. The number of nitrogens with two attached hydrogens (primary N) is 1. The number of hydrogen-bond acceptors (Lipinski definition) is 3. The van der Waals surface area contributed by atoms with Gasteiger partial charge in [0.05, 0.1) is 0 Å². The van der Waals surface area contributed by atoms with Crippen LogP contribution in [0.4, 0.5) is 5.82 Å². The summed E-state index contributed by atoms with van der Waals surface area (Å²) in [4.78, 5) is 13.8. The first-order valence-electron chi connectivity index (χ1n) is 4.49. The maximum absolute atomic E-state index is 10.0. The predicted octanol–water partition coefficient (Wildman–Crippen LogP) is 2.16. The molecule has 0 spiro atoms. The fourth-order valence-electron chi connectivity index (χ4n) is 0.908. The molecule has 0 saturated carbocycles. The number of aromatic nitrogens is 1. The van der Waals surface area contributed by atoms with Crippen LogP contribution >= 0.6 is 0 Å². The second-order valence-electron chi connectivity index (χ2n) is 2.78. The van der Waals surface area contributed by atoms with Crippen molar-refractivity contribution in [3.63, 3.8) is 0 Å². The van der Waals surface area contributed by atoms with Gasteiger partial charge in [-0.3, -0.25) is 4.79 Å². The van der Waals surface area contributed by atoms with Crippen molar-refractivity contribution < 1.29 is 4.79 Å². The summed E-state index contributed by atoms with van der Waals surface area (Å²) in [5, 5.41) is 0. The zero-order valence-corrected chi connectivity index (χ0v) is 8.21. The zero-order valence-electron chi connectivity index (χ0n) is 8.21. The molecule has 1 aromatic heterocycles. The minimum atomic E-state index is 0.572. The van der Waals surface area contributed by atoms with E-state index in [0.29, 0.717) is 5.82 Å².